The average Bonchev–Trinajstić information content (AvgIpc) is 2.36. The Kier molecular flexibility index (Phi) is 5.41. The third-order valence-electron chi connectivity index (χ3n) is 2.37. The summed E-state index contributed by atoms with van der Waals surface area (Å²) in [5.41, 5.74) is 0. The van der Waals surface area contributed by atoms with E-state index in [-0.39, 0.29) is 19.4 Å². The van der Waals surface area contributed by atoms with Crippen LogP contribution in [0.5, 0.6) is 5.75 Å². The Hall–Kier alpha value is -1.73. The molecular weight excluding hydrogens is 290 g/mol. The van der Waals surface area contributed by atoms with Crippen LogP contribution in [0.25, 0.3) is 0 Å². The third-order valence-corrected chi connectivity index (χ3v) is 2.37. The standard InChI is InChI=1S/C12H10F6O2/c13-7-4-5-8(11(15)10(7)14)20-6-2-1-3-9(19)12(16,17)18/h4-5H,1-3,6H2. The molecule has 1 rings (SSSR count). The molecule has 112 valence electrons. The van der Waals surface area contributed by atoms with E-state index in [4.69, 9.17) is 4.74 Å². The zero-order chi connectivity index (χ0) is 15.3. The van der Waals surface area contributed by atoms with Crippen molar-refractivity contribution in [2.75, 3.05) is 6.61 Å². The highest BCUT2D eigenvalue weighted by Crippen LogP contribution is 2.22. The number of unbranched alkanes of at least 4 members (excludes halogenated alkanes) is 1. The number of hydrogen-bond donors (Lipinski definition) is 0. The van der Waals surface area contributed by atoms with Gasteiger partial charge in [-0.15, -0.1) is 0 Å². The molecule has 0 radical (unpaired) electrons. The first kappa shape index (κ1) is 16.3. The Labute approximate surface area is 110 Å². The zero-order valence-corrected chi connectivity index (χ0v) is 10.1. The molecule has 0 saturated carbocycles. The maximum absolute atomic E-state index is 13.1. The van der Waals surface area contributed by atoms with Gasteiger partial charge in [0.05, 0.1) is 6.61 Å². The van der Waals surface area contributed by atoms with Crippen molar-refractivity contribution in [1.82, 2.24) is 0 Å². The van der Waals surface area contributed by atoms with Gasteiger partial charge in [-0.25, -0.2) is 8.78 Å². The van der Waals surface area contributed by atoms with E-state index in [2.05, 4.69) is 0 Å². The maximum Gasteiger partial charge on any atom is 0.449 e. The fraction of sp³-hybridized carbons (Fsp3) is 0.417. The second kappa shape index (κ2) is 6.62. The molecule has 0 atom stereocenters. The predicted octanol–water partition coefficient (Wildman–Crippen LogP) is 3.78. The number of halogens is 6. The lowest BCUT2D eigenvalue weighted by Gasteiger charge is -2.08. The zero-order valence-electron chi connectivity index (χ0n) is 10.1. The Bertz CT molecular complexity index is 484. The van der Waals surface area contributed by atoms with Crippen LogP contribution in [-0.4, -0.2) is 18.6 Å². The largest absolute Gasteiger partial charge is 0.490 e. The summed E-state index contributed by atoms with van der Waals surface area (Å²) in [5.74, 6) is -6.95. The fourth-order valence-corrected chi connectivity index (χ4v) is 1.33. The Morgan fingerprint density at radius 1 is 1.05 bits per heavy atom. The van der Waals surface area contributed by atoms with Crippen molar-refractivity contribution in [2.24, 2.45) is 0 Å². The van der Waals surface area contributed by atoms with Gasteiger partial charge in [-0.1, -0.05) is 0 Å². The number of alkyl halides is 3. The van der Waals surface area contributed by atoms with Crippen molar-refractivity contribution in [1.29, 1.82) is 0 Å². The van der Waals surface area contributed by atoms with Crippen molar-refractivity contribution < 1.29 is 35.9 Å². The summed E-state index contributed by atoms with van der Waals surface area (Å²) in [6.07, 6.45) is -5.63. The van der Waals surface area contributed by atoms with Gasteiger partial charge in [0, 0.05) is 6.42 Å². The van der Waals surface area contributed by atoms with Gasteiger partial charge in [-0.2, -0.15) is 17.6 Å². The van der Waals surface area contributed by atoms with Gasteiger partial charge in [-0.3, -0.25) is 4.79 Å². The third kappa shape index (κ3) is 4.43. The molecule has 2 nitrogen and oxygen atoms in total. The SMILES string of the molecule is O=C(CCCCOc1ccc(F)c(F)c1F)C(F)(F)F. The highest BCUT2D eigenvalue weighted by molar-refractivity contribution is 5.83. The van der Waals surface area contributed by atoms with Crippen LogP contribution in [0.1, 0.15) is 19.3 Å². The molecule has 0 saturated heterocycles. The topological polar surface area (TPSA) is 26.3 Å². The van der Waals surface area contributed by atoms with E-state index in [0.717, 1.165) is 6.07 Å². The monoisotopic (exact) mass is 300 g/mol. The number of hydrogen-bond acceptors (Lipinski definition) is 2. The van der Waals surface area contributed by atoms with Crippen LogP contribution in [0.15, 0.2) is 12.1 Å². The van der Waals surface area contributed by atoms with Crippen molar-refractivity contribution in [3.05, 3.63) is 29.6 Å². The highest BCUT2D eigenvalue weighted by Gasteiger charge is 2.37. The summed E-state index contributed by atoms with van der Waals surface area (Å²) in [7, 11) is 0. The second-order valence-electron chi connectivity index (χ2n) is 3.90. The average molecular weight is 300 g/mol. The van der Waals surface area contributed by atoms with Gasteiger partial charge in [0.25, 0.3) is 0 Å². The second-order valence-corrected chi connectivity index (χ2v) is 3.90. The summed E-state index contributed by atoms with van der Waals surface area (Å²) in [6.45, 7) is -0.215. The number of ketones is 1. The Morgan fingerprint density at radius 2 is 1.70 bits per heavy atom. The molecule has 0 aromatic heterocycles. The molecule has 0 amide bonds. The van der Waals surface area contributed by atoms with E-state index in [1.807, 2.05) is 0 Å². The summed E-state index contributed by atoms with van der Waals surface area (Å²) >= 11 is 0. The summed E-state index contributed by atoms with van der Waals surface area (Å²) in [6, 6.07) is 1.54. The van der Waals surface area contributed by atoms with Gasteiger partial charge in [0.1, 0.15) is 0 Å². The molecule has 0 fully saturated rings. The lowest BCUT2D eigenvalue weighted by molar-refractivity contribution is -0.171. The molecule has 8 heteroatoms. The fourth-order valence-electron chi connectivity index (χ4n) is 1.33. The summed E-state index contributed by atoms with van der Waals surface area (Å²) in [5, 5.41) is 0. The molecule has 0 spiro atoms. The van der Waals surface area contributed by atoms with Crippen LogP contribution >= 0.6 is 0 Å². The molecule has 0 aliphatic carbocycles. The molecule has 0 aliphatic rings. The van der Waals surface area contributed by atoms with Gasteiger partial charge in [-0.05, 0) is 25.0 Å². The molecule has 0 unspecified atom stereocenters. The highest BCUT2D eigenvalue weighted by atomic mass is 19.4. The number of carbonyl (C=O) groups is 1. The van der Waals surface area contributed by atoms with E-state index in [0.29, 0.717) is 6.07 Å². The lowest BCUT2D eigenvalue weighted by atomic mass is 10.2. The quantitative estimate of drug-likeness (QED) is 0.454. The summed E-state index contributed by atoms with van der Waals surface area (Å²) in [4.78, 5) is 10.5. The van der Waals surface area contributed by atoms with Crippen LogP contribution in [0.4, 0.5) is 26.3 Å². The number of rotatable bonds is 6. The van der Waals surface area contributed by atoms with E-state index in [1.54, 1.807) is 0 Å². The van der Waals surface area contributed by atoms with Crippen molar-refractivity contribution in [3.63, 3.8) is 0 Å². The molecule has 20 heavy (non-hydrogen) atoms. The van der Waals surface area contributed by atoms with Crippen molar-refractivity contribution >= 4 is 5.78 Å². The predicted molar refractivity (Wildman–Crippen MR) is 56.7 cm³/mol. The Morgan fingerprint density at radius 3 is 2.30 bits per heavy atom. The molecular formula is C12H10F6O2. The normalized spacial score (nSPS) is 11.5. The smallest absolute Gasteiger partial charge is 0.449 e. The van der Waals surface area contributed by atoms with E-state index in [1.165, 1.54) is 0 Å². The van der Waals surface area contributed by atoms with E-state index in [9.17, 15) is 31.1 Å². The molecule has 0 bridgehead atoms. The maximum atomic E-state index is 13.1. The summed E-state index contributed by atoms with van der Waals surface area (Å²) < 4.78 is 78.8. The van der Waals surface area contributed by atoms with Gasteiger partial charge < -0.3 is 4.74 Å². The minimum Gasteiger partial charge on any atom is -0.490 e. The van der Waals surface area contributed by atoms with Crippen LogP contribution in [0.3, 0.4) is 0 Å². The van der Waals surface area contributed by atoms with Crippen molar-refractivity contribution in [3.8, 4) is 5.75 Å². The number of Topliss-reactive ketones (excluding diaryl/α,β-unsaturated/α-hetero) is 1. The van der Waals surface area contributed by atoms with Crippen LogP contribution < -0.4 is 4.74 Å². The number of benzene rings is 1. The Balaban J connectivity index is 2.36. The molecule has 0 N–H and O–H groups in total. The molecule has 1 aromatic rings. The van der Waals surface area contributed by atoms with Crippen LogP contribution in [0, 0.1) is 17.5 Å². The van der Waals surface area contributed by atoms with E-state index >= 15 is 0 Å². The number of ether oxygens (including phenoxy) is 1. The number of carbonyl (C=O) groups excluding carboxylic acids is 1. The molecule has 1 aromatic carbocycles. The van der Waals surface area contributed by atoms with Gasteiger partial charge in [0.15, 0.2) is 17.4 Å². The van der Waals surface area contributed by atoms with Gasteiger partial charge in [0.2, 0.25) is 11.6 Å². The molecule has 0 aliphatic heterocycles. The minimum absolute atomic E-state index is 0.0419. The minimum atomic E-state index is -4.87. The first-order valence-electron chi connectivity index (χ1n) is 5.60. The lowest BCUT2D eigenvalue weighted by Crippen LogP contribution is -2.22. The van der Waals surface area contributed by atoms with Gasteiger partial charge >= 0.3 is 6.18 Å². The van der Waals surface area contributed by atoms with E-state index < -0.39 is 41.6 Å². The molecule has 0 heterocycles. The first-order chi connectivity index (χ1) is 9.23. The van der Waals surface area contributed by atoms with Crippen LogP contribution in [-0.2, 0) is 4.79 Å². The van der Waals surface area contributed by atoms with Crippen molar-refractivity contribution in [2.45, 2.75) is 25.4 Å². The van der Waals surface area contributed by atoms with Crippen LogP contribution in [0.2, 0.25) is 0 Å². The first-order valence-corrected chi connectivity index (χ1v) is 5.60.